The predicted octanol–water partition coefficient (Wildman–Crippen LogP) is 3.62. The van der Waals surface area contributed by atoms with Crippen LogP contribution in [0, 0.1) is 5.92 Å². The minimum Gasteiger partial charge on any atom is -0.481 e. The molecular formula is C14H12ClNO3. The first-order valence-corrected chi connectivity index (χ1v) is 6.47. The summed E-state index contributed by atoms with van der Waals surface area (Å²) in [5.41, 5.74) is 1.30. The highest BCUT2D eigenvalue weighted by Crippen LogP contribution is 2.36. The van der Waals surface area contributed by atoms with E-state index in [4.69, 9.17) is 16.0 Å². The van der Waals surface area contributed by atoms with Gasteiger partial charge in [-0.2, -0.15) is 0 Å². The third-order valence-electron chi connectivity index (χ3n) is 3.43. The molecule has 0 saturated carbocycles. The fraction of sp³-hybridized carbons (Fsp3) is 0.286. The highest BCUT2D eigenvalue weighted by molar-refractivity contribution is 6.31. The van der Waals surface area contributed by atoms with Crippen molar-refractivity contribution < 1.29 is 14.3 Å². The first kappa shape index (κ1) is 12.2. The van der Waals surface area contributed by atoms with Crippen LogP contribution in [0.2, 0.25) is 5.02 Å². The third kappa shape index (κ3) is 2.24. The molecule has 98 valence electrons. The van der Waals surface area contributed by atoms with Crippen LogP contribution in [0.3, 0.4) is 0 Å². The molecule has 1 aliphatic carbocycles. The van der Waals surface area contributed by atoms with Crippen LogP contribution in [0.5, 0.6) is 0 Å². The minimum atomic E-state index is -0.811. The number of benzene rings is 1. The van der Waals surface area contributed by atoms with Crippen LogP contribution in [0.25, 0.3) is 11.1 Å². The van der Waals surface area contributed by atoms with Gasteiger partial charge in [0.15, 0.2) is 11.5 Å². The van der Waals surface area contributed by atoms with Gasteiger partial charge in [-0.05, 0) is 25.0 Å². The molecule has 4 nitrogen and oxygen atoms in total. The van der Waals surface area contributed by atoms with Gasteiger partial charge in [-0.15, -0.1) is 0 Å². The van der Waals surface area contributed by atoms with Gasteiger partial charge in [0.1, 0.15) is 5.52 Å². The van der Waals surface area contributed by atoms with Crippen LogP contribution in [0.1, 0.15) is 24.7 Å². The minimum absolute atomic E-state index is 0.214. The molecule has 1 aromatic carbocycles. The Hall–Kier alpha value is -1.81. The second kappa shape index (κ2) is 4.70. The lowest BCUT2D eigenvalue weighted by Crippen LogP contribution is -2.23. The van der Waals surface area contributed by atoms with Gasteiger partial charge < -0.3 is 9.52 Å². The van der Waals surface area contributed by atoms with Crippen LogP contribution in [-0.2, 0) is 4.79 Å². The highest BCUT2D eigenvalue weighted by atomic mass is 35.5. The molecule has 0 amide bonds. The molecule has 0 radical (unpaired) electrons. The first-order valence-electron chi connectivity index (χ1n) is 6.09. The largest absolute Gasteiger partial charge is 0.481 e. The number of carboxylic acids is 1. The van der Waals surface area contributed by atoms with Gasteiger partial charge >= 0.3 is 5.97 Å². The fourth-order valence-electron chi connectivity index (χ4n) is 2.43. The first-order chi connectivity index (χ1) is 9.15. The third-order valence-corrected chi connectivity index (χ3v) is 3.67. The van der Waals surface area contributed by atoms with E-state index in [9.17, 15) is 9.90 Å². The molecule has 2 aromatic rings. The molecule has 1 aliphatic rings. The molecular weight excluding hydrogens is 266 g/mol. The molecule has 3 rings (SSSR count). The zero-order chi connectivity index (χ0) is 13.4. The van der Waals surface area contributed by atoms with Crippen molar-refractivity contribution in [2.45, 2.75) is 18.8 Å². The zero-order valence-electron chi connectivity index (χ0n) is 10.0. The van der Waals surface area contributed by atoms with Crippen LogP contribution in [-0.4, -0.2) is 16.1 Å². The van der Waals surface area contributed by atoms with Crippen LogP contribution in [0.15, 0.2) is 34.8 Å². The lowest BCUT2D eigenvalue weighted by atomic mass is 9.83. The van der Waals surface area contributed by atoms with Crippen LogP contribution >= 0.6 is 11.6 Å². The smallest absolute Gasteiger partial charge is 0.307 e. The van der Waals surface area contributed by atoms with Crippen LogP contribution in [0.4, 0.5) is 0 Å². The average Bonchev–Trinajstić information content (AvgIpc) is 2.81. The van der Waals surface area contributed by atoms with Crippen molar-refractivity contribution in [1.29, 1.82) is 0 Å². The molecule has 1 N–H and O–H groups in total. The van der Waals surface area contributed by atoms with Crippen molar-refractivity contribution >= 4 is 28.7 Å². The topological polar surface area (TPSA) is 63.3 Å². The Bertz CT molecular complexity index is 662. The van der Waals surface area contributed by atoms with Gasteiger partial charge in [0.05, 0.1) is 11.8 Å². The Morgan fingerprint density at radius 2 is 2.16 bits per heavy atom. The highest BCUT2D eigenvalue weighted by Gasteiger charge is 2.33. The fourth-order valence-corrected chi connectivity index (χ4v) is 2.60. The second-order valence-electron chi connectivity index (χ2n) is 4.66. The summed E-state index contributed by atoms with van der Waals surface area (Å²) in [6.45, 7) is 0. The van der Waals surface area contributed by atoms with Crippen molar-refractivity contribution in [3.05, 3.63) is 41.3 Å². The number of nitrogens with zero attached hydrogens (tertiary/aromatic N) is 1. The second-order valence-corrected chi connectivity index (χ2v) is 5.09. The van der Waals surface area contributed by atoms with Gasteiger partial charge in [0.2, 0.25) is 0 Å². The number of oxazole rings is 1. The summed E-state index contributed by atoms with van der Waals surface area (Å²) in [6, 6.07) is 5.21. The summed E-state index contributed by atoms with van der Waals surface area (Å²) in [5, 5.41) is 9.84. The van der Waals surface area contributed by atoms with E-state index in [2.05, 4.69) is 4.98 Å². The van der Waals surface area contributed by atoms with Gasteiger partial charge in [-0.1, -0.05) is 23.8 Å². The van der Waals surface area contributed by atoms with Crippen LogP contribution < -0.4 is 0 Å². The number of carbonyl (C=O) groups is 1. The number of allylic oxidation sites excluding steroid dienone is 2. The van der Waals surface area contributed by atoms with Gasteiger partial charge in [0.25, 0.3) is 0 Å². The normalized spacial score (nSPS) is 22.8. The van der Waals surface area contributed by atoms with Crippen molar-refractivity contribution in [3.63, 3.8) is 0 Å². The molecule has 2 atom stereocenters. The maximum atomic E-state index is 11.3. The summed E-state index contributed by atoms with van der Waals surface area (Å²) in [5.74, 6) is -1.02. The standard InChI is InChI=1S/C14H12ClNO3/c15-8-5-6-11-12(7-8)19-13(16-11)9-3-1-2-4-10(9)14(17)18/h1-2,5-7,9-10H,3-4H2,(H,17,18). The van der Waals surface area contributed by atoms with Crippen molar-refractivity contribution in [2.24, 2.45) is 5.92 Å². The van der Waals surface area contributed by atoms with E-state index in [0.717, 1.165) is 0 Å². The summed E-state index contributed by atoms with van der Waals surface area (Å²) in [6.07, 6.45) is 5.03. The molecule has 19 heavy (non-hydrogen) atoms. The van der Waals surface area contributed by atoms with E-state index in [1.165, 1.54) is 0 Å². The molecule has 0 saturated heterocycles. The summed E-state index contributed by atoms with van der Waals surface area (Å²) >= 11 is 5.90. The Labute approximate surface area is 114 Å². The number of halogens is 1. The number of aromatic nitrogens is 1. The lowest BCUT2D eigenvalue weighted by Gasteiger charge is -2.21. The lowest BCUT2D eigenvalue weighted by molar-refractivity contribution is -0.142. The molecule has 2 unspecified atom stereocenters. The van der Waals surface area contributed by atoms with E-state index in [1.807, 2.05) is 12.2 Å². The number of fused-ring (bicyclic) bond motifs is 1. The maximum Gasteiger partial charge on any atom is 0.307 e. The maximum absolute atomic E-state index is 11.3. The number of aliphatic carboxylic acids is 1. The van der Waals surface area contributed by atoms with E-state index >= 15 is 0 Å². The van der Waals surface area contributed by atoms with E-state index in [-0.39, 0.29) is 5.92 Å². The zero-order valence-corrected chi connectivity index (χ0v) is 10.8. The summed E-state index contributed by atoms with van der Waals surface area (Å²) in [7, 11) is 0. The monoisotopic (exact) mass is 277 g/mol. The molecule has 1 heterocycles. The number of rotatable bonds is 2. The van der Waals surface area contributed by atoms with Gasteiger partial charge in [-0.25, -0.2) is 4.98 Å². The predicted molar refractivity (Wildman–Crippen MR) is 71.3 cm³/mol. The molecule has 0 aliphatic heterocycles. The van der Waals surface area contributed by atoms with Crippen molar-refractivity contribution in [1.82, 2.24) is 4.98 Å². The van der Waals surface area contributed by atoms with Gasteiger partial charge in [0, 0.05) is 11.1 Å². The van der Waals surface area contributed by atoms with E-state index in [1.54, 1.807) is 18.2 Å². The quantitative estimate of drug-likeness (QED) is 0.852. The number of hydrogen-bond donors (Lipinski definition) is 1. The Balaban J connectivity index is 2.02. The molecule has 0 bridgehead atoms. The molecule has 1 aromatic heterocycles. The summed E-state index contributed by atoms with van der Waals surface area (Å²) in [4.78, 5) is 15.7. The Morgan fingerprint density at radius 1 is 1.37 bits per heavy atom. The van der Waals surface area contributed by atoms with Crippen molar-refractivity contribution in [2.75, 3.05) is 0 Å². The SMILES string of the molecule is O=C(O)C1CC=CCC1c1nc2ccc(Cl)cc2o1. The Kier molecular flexibility index (Phi) is 3.03. The van der Waals surface area contributed by atoms with Crippen molar-refractivity contribution in [3.8, 4) is 0 Å². The number of hydrogen-bond acceptors (Lipinski definition) is 3. The molecule has 0 spiro atoms. The molecule has 0 fully saturated rings. The molecule has 5 heteroatoms. The summed E-state index contributed by atoms with van der Waals surface area (Å²) < 4.78 is 5.68. The average molecular weight is 278 g/mol. The van der Waals surface area contributed by atoms with E-state index in [0.29, 0.717) is 34.9 Å². The number of carboxylic acid groups (broad SMARTS) is 1. The Morgan fingerprint density at radius 3 is 2.95 bits per heavy atom. The van der Waals surface area contributed by atoms with Gasteiger partial charge in [-0.3, -0.25) is 4.79 Å². The van der Waals surface area contributed by atoms with E-state index < -0.39 is 11.9 Å².